The number of nitrogens with zero attached hydrogens (tertiary/aromatic N) is 6. The smallest absolute Gasteiger partial charge is 0.412 e. The van der Waals surface area contributed by atoms with Gasteiger partial charge in [0, 0.05) is 44.8 Å². The zero-order valence-corrected chi connectivity index (χ0v) is 17.9. The third-order valence-electron chi connectivity index (χ3n) is 5.47. The van der Waals surface area contributed by atoms with Crippen molar-refractivity contribution in [1.82, 2.24) is 24.8 Å². The second-order valence-electron chi connectivity index (χ2n) is 7.71. The van der Waals surface area contributed by atoms with Crippen molar-refractivity contribution < 1.29 is 14.3 Å². The molecule has 2 amide bonds. The molecule has 2 aliphatic rings. The number of terminal acetylenes is 1. The number of halogens is 1. The number of amides is 2. The van der Waals surface area contributed by atoms with Crippen molar-refractivity contribution in [1.29, 1.82) is 0 Å². The van der Waals surface area contributed by atoms with Crippen LogP contribution in [0.4, 0.5) is 10.6 Å². The van der Waals surface area contributed by atoms with Crippen LogP contribution in [0, 0.1) is 12.3 Å². The summed E-state index contributed by atoms with van der Waals surface area (Å²) in [7, 11) is 0. The number of hydrogen-bond acceptors (Lipinski definition) is 7. The number of aromatic nitrogens is 3. The van der Waals surface area contributed by atoms with Crippen molar-refractivity contribution in [3.8, 4) is 12.3 Å². The highest BCUT2D eigenvalue weighted by Crippen LogP contribution is 2.36. The van der Waals surface area contributed by atoms with Crippen LogP contribution in [0.25, 0.3) is 0 Å². The quantitative estimate of drug-likeness (QED) is 0.676. The summed E-state index contributed by atoms with van der Waals surface area (Å²) in [6, 6.07) is 3.18. The molecule has 1 saturated heterocycles. The maximum atomic E-state index is 13.0. The van der Waals surface area contributed by atoms with Gasteiger partial charge in [0.2, 0.25) is 6.23 Å². The average Bonchev–Trinajstić information content (AvgIpc) is 3.06. The van der Waals surface area contributed by atoms with E-state index in [1.807, 2.05) is 13.8 Å². The zero-order valence-electron chi connectivity index (χ0n) is 17.2. The van der Waals surface area contributed by atoms with Crippen molar-refractivity contribution in [3.63, 3.8) is 0 Å². The zero-order chi connectivity index (χ0) is 22.2. The second kappa shape index (κ2) is 8.13. The number of ether oxygens (including phenoxy) is 1. The average molecular weight is 441 g/mol. The van der Waals surface area contributed by atoms with Crippen LogP contribution in [0.2, 0.25) is 5.02 Å². The molecular weight excluding hydrogens is 420 g/mol. The van der Waals surface area contributed by atoms with Gasteiger partial charge in [0.25, 0.3) is 5.91 Å². The van der Waals surface area contributed by atoms with Crippen LogP contribution in [-0.2, 0) is 4.74 Å². The van der Waals surface area contributed by atoms with Gasteiger partial charge in [0.1, 0.15) is 11.5 Å². The van der Waals surface area contributed by atoms with Crippen LogP contribution in [0.15, 0.2) is 30.7 Å². The molecule has 0 unspecified atom stereocenters. The van der Waals surface area contributed by atoms with Crippen LogP contribution < -0.4 is 4.90 Å². The normalized spacial score (nSPS) is 19.2. The molecule has 4 rings (SSSR count). The Hall–Kier alpha value is -3.22. The fourth-order valence-electron chi connectivity index (χ4n) is 3.59. The molecule has 1 fully saturated rings. The molecule has 0 saturated carbocycles. The number of piperazine rings is 1. The Bertz CT molecular complexity index is 1040. The van der Waals surface area contributed by atoms with Gasteiger partial charge in [0.15, 0.2) is 5.69 Å². The van der Waals surface area contributed by atoms with Crippen LogP contribution in [0.3, 0.4) is 0 Å². The van der Waals surface area contributed by atoms with Crippen LogP contribution in [0.1, 0.15) is 36.3 Å². The van der Waals surface area contributed by atoms with Crippen molar-refractivity contribution in [2.75, 3.05) is 31.1 Å². The number of hydrogen-bond donors (Lipinski definition) is 0. The molecule has 0 N–H and O–H groups in total. The predicted molar refractivity (Wildman–Crippen MR) is 113 cm³/mol. The molecule has 0 spiro atoms. The van der Waals surface area contributed by atoms with E-state index in [2.05, 4.69) is 25.8 Å². The molecule has 31 heavy (non-hydrogen) atoms. The molecule has 0 aliphatic carbocycles. The minimum absolute atomic E-state index is 0.123. The van der Waals surface area contributed by atoms with Gasteiger partial charge in [-0.15, -0.1) is 6.42 Å². The summed E-state index contributed by atoms with van der Waals surface area (Å²) >= 11 is 5.92. The first-order valence-corrected chi connectivity index (χ1v) is 10.1. The highest BCUT2D eigenvalue weighted by atomic mass is 35.5. The molecule has 4 heterocycles. The lowest BCUT2D eigenvalue weighted by Gasteiger charge is -2.41. The first kappa shape index (κ1) is 21.0. The molecule has 2 aromatic rings. The Morgan fingerprint density at radius 1 is 1.19 bits per heavy atom. The molecule has 2 aliphatic heterocycles. The molecule has 10 heteroatoms. The summed E-state index contributed by atoms with van der Waals surface area (Å²) in [4.78, 5) is 43.4. The van der Waals surface area contributed by atoms with Crippen molar-refractivity contribution in [2.45, 2.75) is 25.6 Å². The largest absolute Gasteiger partial charge is 0.419 e. The molecule has 2 aromatic heterocycles. The maximum absolute atomic E-state index is 13.0. The van der Waals surface area contributed by atoms with E-state index < -0.39 is 18.2 Å². The number of anilines is 1. The first-order chi connectivity index (χ1) is 14.8. The Balaban J connectivity index is 1.54. The molecule has 0 aromatic carbocycles. The second-order valence-corrected chi connectivity index (χ2v) is 8.15. The van der Waals surface area contributed by atoms with Gasteiger partial charge >= 0.3 is 6.09 Å². The fraction of sp³-hybridized carbons (Fsp3) is 0.381. The van der Waals surface area contributed by atoms with Gasteiger partial charge in [-0.25, -0.2) is 19.7 Å². The third kappa shape index (κ3) is 3.92. The number of rotatable bonds is 3. The van der Waals surface area contributed by atoms with Gasteiger partial charge in [-0.2, -0.15) is 0 Å². The van der Waals surface area contributed by atoms with E-state index in [9.17, 15) is 9.59 Å². The Labute approximate surface area is 185 Å². The van der Waals surface area contributed by atoms with E-state index in [-0.39, 0.29) is 22.7 Å². The topological polar surface area (TPSA) is 91.8 Å². The van der Waals surface area contributed by atoms with E-state index in [0.29, 0.717) is 31.2 Å². The van der Waals surface area contributed by atoms with Gasteiger partial charge in [0.05, 0.1) is 10.6 Å². The summed E-state index contributed by atoms with van der Waals surface area (Å²) in [6.07, 6.45) is 8.28. The van der Waals surface area contributed by atoms with Crippen LogP contribution in [-0.4, -0.2) is 68.5 Å². The van der Waals surface area contributed by atoms with E-state index in [0.717, 1.165) is 0 Å². The Morgan fingerprint density at radius 2 is 1.90 bits per heavy atom. The van der Waals surface area contributed by atoms with Crippen LogP contribution >= 0.6 is 11.6 Å². The molecular formula is C21H21ClN6O3. The van der Waals surface area contributed by atoms with Gasteiger partial charge in [-0.05, 0) is 26.0 Å². The minimum atomic E-state index is -1.07. The lowest BCUT2D eigenvalue weighted by Crippen LogP contribution is -2.55. The SMILES string of the molecule is C#CC(C)(C)N1CCN(C(=O)O[C@H]2c3nccnc3C(=O)N2c2ccc(Cl)cn2)CC1. The lowest BCUT2D eigenvalue weighted by molar-refractivity contribution is 0.0336. The van der Waals surface area contributed by atoms with Crippen molar-refractivity contribution in [3.05, 3.63) is 47.1 Å². The van der Waals surface area contributed by atoms with Crippen molar-refractivity contribution in [2.24, 2.45) is 0 Å². The highest BCUT2D eigenvalue weighted by Gasteiger charge is 2.44. The summed E-state index contributed by atoms with van der Waals surface area (Å²) in [5, 5.41) is 0.422. The monoisotopic (exact) mass is 440 g/mol. The van der Waals surface area contributed by atoms with E-state index in [1.54, 1.807) is 17.0 Å². The van der Waals surface area contributed by atoms with E-state index in [4.69, 9.17) is 22.8 Å². The van der Waals surface area contributed by atoms with E-state index >= 15 is 0 Å². The number of fused-ring (bicyclic) bond motifs is 1. The molecule has 0 radical (unpaired) electrons. The van der Waals surface area contributed by atoms with Gasteiger partial charge < -0.3 is 9.64 Å². The number of carbonyl (C=O) groups excluding carboxylic acids is 2. The van der Waals surface area contributed by atoms with Crippen molar-refractivity contribution >= 4 is 29.4 Å². The summed E-state index contributed by atoms with van der Waals surface area (Å²) in [5.41, 5.74) is 0.00162. The lowest BCUT2D eigenvalue weighted by atomic mass is 10.0. The minimum Gasteiger partial charge on any atom is -0.419 e. The number of carbonyl (C=O) groups is 2. The predicted octanol–water partition coefficient (Wildman–Crippen LogP) is 2.35. The Morgan fingerprint density at radius 3 is 2.55 bits per heavy atom. The Kier molecular flexibility index (Phi) is 5.52. The summed E-state index contributed by atoms with van der Waals surface area (Å²) < 4.78 is 5.75. The third-order valence-corrected chi connectivity index (χ3v) is 5.69. The first-order valence-electron chi connectivity index (χ1n) is 9.76. The molecule has 1 atom stereocenters. The fourth-order valence-corrected chi connectivity index (χ4v) is 3.70. The molecule has 0 bridgehead atoms. The highest BCUT2D eigenvalue weighted by molar-refractivity contribution is 6.30. The van der Waals surface area contributed by atoms with Gasteiger partial charge in [-0.1, -0.05) is 17.5 Å². The summed E-state index contributed by atoms with van der Waals surface area (Å²) in [6.45, 7) is 6.09. The summed E-state index contributed by atoms with van der Waals surface area (Å²) in [5.74, 6) is 2.61. The van der Waals surface area contributed by atoms with E-state index in [1.165, 1.54) is 23.5 Å². The molecule has 9 nitrogen and oxygen atoms in total. The number of pyridine rings is 1. The van der Waals surface area contributed by atoms with Crippen LogP contribution in [0.5, 0.6) is 0 Å². The molecule has 160 valence electrons. The standard InChI is InChI=1S/C21H21ClN6O3/c1-4-21(2,3)27-11-9-26(10-12-27)20(30)31-19-17-16(23-7-8-24-17)18(29)28(19)15-6-5-14(22)13-25-15/h1,5-8,13,19H,9-12H2,2-3H3/t19-/m0/s1. The maximum Gasteiger partial charge on any atom is 0.412 e. The van der Waals surface area contributed by atoms with Gasteiger partial charge in [-0.3, -0.25) is 14.7 Å².